The Balaban J connectivity index is 3.64. The first-order valence-corrected chi connectivity index (χ1v) is 6.68. The van der Waals surface area contributed by atoms with E-state index in [0.29, 0.717) is 19.4 Å². The Bertz CT molecular complexity index is 286. The summed E-state index contributed by atoms with van der Waals surface area (Å²) in [5.74, 6) is -0.421. The van der Waals surface area contributed by atoms with Crippen molar-refractivity contribution in [1.82, 2.24) is 5.32 Å². The summed E-state index contributed by atoms with van der Waals surface area (Å²) in [5.41, 5.74) is 0. The average Bonchev–Trinajstić information content (AvgIpc) is 2.00. The van der Waals surface area contributed by atoms with Crippen molar-refractivity contribution in [3.63, 3.8) is 0 Å². The van der Waals surface area contributed by atoms with Gasteiger partial charge in [0.25, 0.3) is 10.1 Å². The highest BCUT2D eigenvalue weighted by molar-refractivity contribution is 7.85. The molecule has 1 unspecified atom stereocenters. The molecule has 1 atom stereocenters. The second-order valence-electron chi connectivity index (χ2n) is 3.74. The van der Waals surface area contributed by atoms with Crippen molar-refractivity contribution in [2.75, 3.05) is 12.3 Å². The van der Waals surface area contributed by atoms with Crippen LogP contribution in [0.2, 0.25) is 0 Å². The molecular formula is C9H19NO4S. The molecule has 0 rings (SSSR count). The molecule has 0 aliphatic carbocycles. The molecule has 0 bridgehead atoms. The Hall–Kier alpha value is -0.620. The Labute approximate surface area is 91.0 Å². The summed E-state index contributed by atoms with van der Waals surface area (Å²) >= 11 is 0. The predicted octanol–water partition coefficient (Wildman–Crippen LogP) is 0.817. The molecule has 15 heavy (non-hydrogen) atoms. The van der Waals surface area contributed by atoms with Gasteiger partial charge in [-0.2, -0.15) is 8.42 Å². The monoisotopic (exact) mass is 237 g/mol. The Morgan fingerprint density at radius 1 is 1.47 bits per heavy atom. The molecule has 0 spiro atoms. The lowest BCUT2D eigenvalue weighted by atomic mass is 10.1. The summed E-state index contributed by atoms with van der Waals surface area (Å²) in [5, 5.41) is 2.68. The number of carbonyl (C=O) groups excluding carboxylic acids is 1. The quantitative estimate of drug-likeness (QED) is 0.642. The van der Waals surface area contributed by atoms with Gasteiger partial charge in [-0.15, -0.1) is 0 Å². The molecule has 90 valence electrons. The standard InChI is InChI=1S/C9H19NO4S/c1-3-4-9(11)10-6-5-8(2)7-15(12,13)14/h8H,3-7H2,1-2H3,(H,10,11)(H,12,13,14). The van der Waals surface area contributed by atoms with E-state index >= 15 is 0 Å². The third kappa shape index (κ3) is 9.68. The fraction of sp³-hybridized carbons (Fsp3) is 0.889. The van der Waals surface area contributed by atoms with Crippen LogP contribution in [0.4, 0.5) is 0 Å². The number of amides is 1. The average molecular weight is 237 g/mol. The molecule has 6 heteroatoms. The molecule has 0 heterocycles. The van der Waals surface area contributed by atoms with Gasteiger partial charge >= 0.3 is 0 Å². The molecule has 0 aromatic heterocycles. The van der Waals surface area contributed by atoms with Gasteiger partial charge in [0.2, 0.25) is 5.91 Å². The molecule has 0 aliphatic rings. The van der Waals surface area contributed by atoms with Gasteiger partial charge in [-0.25, -0.2) is 0 Å². The van der Waals surface area contributed by atoms with Gasteiger partial charge < -0.3 is 5.32 Å². The number of rotatable bonds is 7. The Kier molecular flexibility index (Phi) is 6.51. The second kappa shape index (κ2) is 6.79. The summed E-state index contributed by atoms with van der Waals surface area (Å²) in [7, 11) is -3.90. The van der Waals surface area contributed by atoms with Gasteiger partial charge in [0.15, 0.2) is 0 Å². The van der Waals surface area contributed by atoms with Gasteiger partial charge in [0.1, 0.15) is 0 Å². The molecule has 0 aromatic rings. The van der Waals surface area contributed by atoms with Crippen LogP contribution in [-0.2, 0) is 14.9 Å². The lowest BCUT2D eigenvalue weighted by molar-refractivity contribution is -0.121. The van der Waals surface area contributed by atoms with Crippen molar-refractivity contribution in [3.05, 3.63) is 0 Å². The highest BCUT2D eigenvalue weighted by Gasteiger charge is 2.12. The van der Waals surface area contributed by atoms with Crippen molar-refractivity contribution in [1.29, 1.82) is 0 Å². The molecule has 5 nitrogen and oxygen atoms in total. The minimum absolute atomic E-state index is 0.0171. The first-order chi connectivity index (χ1) is 6.85. The molecule has 0 saturated heterocycles. The number of carbonyl (C=O) groups is 1. The zero-order chi connectivity index (χ0) is 11.9. The summed E-state index contributed by atoms with van der Waals surface area (Å²) in [6, 6.07) is 0. The van der Waals surface area contributed by atoms with Gasteiger partial charge in [-0.1, -0.05) is 13.8 Å². The fourth-order valence-corrected chi connectivity index (χ4v) is 2.10. The van der Waals surface area contributed by atoms with Crippen LogP contribution >= 0.6 is 0 Å². The summed E-state index contributed by atoms with van der Waals surface area (Å²) in [6.07, 6.45) is 1.84. The van der Waals surface area contributed by atoms with E-state index in [1.165, 1.54) is 0 Å². The molecule has 0 radical (unpaired) electrons. The lowest BCUT2D eigenvalue weighted by Gasteiger charge is -2.09. The van der Waals surface area contributed by atoms with Crippen LogP contribution in [0.25, 0.3) is 0 Å². The van der Waals surface area contributed by atoms with Gasteiger partial charge in [-0.05, 0) is 18.8 Å². The molecule has 2 N–H and O–H groups in total. The van der Waals surface area contributed by atoms with Crippen LogP contribution in [0.5, 0.6) is 0 Å². The molecule has 0 fully saturated rings. The van der Waals surface area contributed by atoms with Crippen LogP contribution in [-0.4, -0.2) is 31.2 Å². The zero-order valence-corrected chi connectivity index (χ0v) is 10.0. The molecule has 1 amide bonds. The van der Waals surface area contributed by atoms with E-state index in [-0.39, 0.29) is 17.6 Å². The predicted molar refractivity (Wildman–Crippen MR) is 58.1 cm³/mol. The third-order valence-electron chi connectivity index (χ3n) is 1.93. The van der Waals surface area contributed by atoms with E-state index in [1.807, 2.05) is 6.92 Å². The van der Waals surface area contributed by atoms with E-state index in [0.717, 1.165) is 6.42 Å². The first kappa shape index (κ1) is 14.4. The zero-order valence-electron chi connectivity index (χ0n) is 9.19. The maximum atomic E-state index is 11.0. The van der Waals surface area contributed by atoms with Crippen molar-refractivity contribution >= 4 is 16.0 Å². The number of hydrogen-bond donors (Lipinski definition) is 2. The molecule has 0 aliphatic heterocycles. The maximum absolute atomic E-state index is 11.0. The molecule has 0 aromatic carbocycles. The number of hydrogen-bond acceptors (Lipinski definition) is 3. The van der Waals surface area contributed by atoms with Crippen molar-refractivity contribution in [3.8, 4) is 0 Å². The van der Waals surface area contributed by atoms with Gasteiger partial charge in [-0.3, -0.25) is 9.35 Å². The highest BCUT2D eigenvalue weighted by Crippen LogP contribution is 2.03. The van der Waals surface area contributed by atoms with E-state index < -0.39 is 10.1 Å². The second-order valence-corrected chi connectivity index (χ2v) is 5.24. The number of nitrogens with one attached hydrogen (secondary N) is 1. The van der Waals surface area contributed by atoms with Crippen molar-refractivity contribution in [2.24, 2.45) is 5.92 Å². The lowest BCUT2D eigenvalue weighted by Crippen LogP contribution is -2.26. The summed E-state index contributed by atoms with van der Waals surface area (Å²) < 4.78 is 29.6. The Morgan fingerprint density at radius 3 is 2.53 bits per heavy atom. The highest BCUT2D eigenvalue weighted by atomic mass is 32.2. The van der Waals surface area contributed by atoms with E-state index in [1.54, 1.807) is 6.92 Å². The minimum Gasteiger partial charge on any atom is -0.356 e. The van der Waals surface area contributed by atoms with Crippen LogP contribution in [0.3, 0.4) is 0 Å². The van der Waals surface area contributed by atoms with E-state index in [4.69, 9.17) is 4.55 Å². The van der Waals surface area contributed by atoms with E-state index in [9.17, 15) is 13.2 Å². The van der Waals surface area contributed by atoms with Gasteiger partial charge in [0, 0.05) is 13.0 Å². The van der Waals surface area contributed by atoms with Crippen LogP contribution < -0.4 is 5.32 Å². The normalized spacial score (nSPS) is 13.5. The van der Waals surface area contributed by atoms with E-state index in [2.05, 4.69) is 5.32 Å². The topological polar surface area (TPSA) is 83.5 Å². The first-order valence-electron chi connectivity index (χ1n) is 5.07. The summed E-state index contributed by atoms with van der Waals surface area (Å²) in [6.45, 7) is 4.09. The smallest absolute Gasteiger partial charge is 0.265 e. The SMILES string of the molecule is CCCC(=O)NCCC(C)CS(=O)(=O)O. The van der Waals surface area contributed by atoms with Crippen LogP contribution in [0.15, 0.2) is 0 Å². The molecule has 0 saturated carbocycles. The molecular weight excluding hydrogens is 218 g/mol. The maximum Gasteiger partial charge on any atom is 0.265 e. The fourth-order valence-electron chi connectivity index (χ4n) is 1.22. The summed E-state index contributed by atoms with van der Waals surface area (Å²) in [4.78, 5) is 11.0. The van der Waals surface area contributed by atoms with Crippen LogP contribution in [0, 0.1) is 5.92 Å². The van der Waals surface area contributed by atoms with Crippen LogP contribution in [0.1, 0.15) is 33.1 Å². The van der Waals surface area contributed by atoms with Crippen molar-refractivity contribution in [2.45, 2.75) is 33.1 Å². The minimum atomic E-state index is -3.90. The van der Waals surface area contributed by atoms with Gasteiger partial charge in [0.05, 0.1) is 5.75 Å². The third-order valence-corrected chi connectivity index (χ3v) is 2.92. The largest absolute Gasteiger partial charge is 0.356 e. The Morgan fingerprint density at radius 2 is 2.07 bits per heavy atom. The van der Waals surface area contributed by atoms with Crippen molar-refractivity contribution < 1.29 is 17.8 Å².